The van der Waals surface area contributed by atoms with Crippen LogP contribution in [0.2, 0.25) is 0 Å². The highest BCUT2D eigenvalue weighted by atomic mass is 19.1. The van der Waals surface area contributed by atoms with Crippen molar-refractivity contribution in [2.24, 2.45) is 0 Å². The molecule has 0 radical (unpaired) electrons. The van der Waals surface area contributed by atoms with Gasteiger partial charge in [0.1, 0.15) is 18.9 Å². The van der Waals surface area contributed by atoms with Crippen molar-refractivity contribution in [3.63, 3.8) is 0 Å². The van der Waals surface area contributed by atoms with E-state index in [1.165, 1.54) is 6.92 Å². The summed E-state index contributed by atoms with van der Waals surface area (Å²) in [6, 6.07) is 0. The van der Waals surface area contributed by atoms with Crippen molar-refractivity contribution in [1.82, 2.24) is 0 Å². The molecule has 0 N–H and O–H groups in total. The fourth-order valence-electron chi connectivity index (χ4n) is 2.19. The molecule has 17 heavy (non-hydrogen) atoms. The Kier molecular flexibility index (Phi) is 3.38. The van der Waals surface area contributed by atoms with Crippen molar-refractivity contribution in [1.29, 1.82) is 0 Å². The van der Waals surface area contributed by atoms with Crippen LogP contribution in [-0.4, -0.2) is 43.0 Å². The summed E-state index contributed by atoms with van der Waals surface area (Å²) in [5, 5.41) is 0. The van der Waals surface area contributed by atoms with E-state index >= 15 is 0 Å². The van der Waals surface area contributed by atoms with Gasteiger partial charge in [0, 0.05) is 13.3 Å². The quantitative estimate of drug-likeness (QED) is 0.701. The maximum atomic E-state index is 12.8. The van der Waals surface area contributed by atoms with Crippen LogP contribution in [0, 0.1) is 0 Å². The lowest BCUT2D eigenvalue weighted by Gasteiger charge is -2.24. The molecule has 0 aliphatic carbocycles. The summed E-state index contributed by atoms with van der Waals surface area (Å²) in [5.41, 5.74) is 0. The first-order valence-corrected chi connectivity index (χ1v) is 5.65. The molecule has 2 rings (SSSR count). The summed E-state index contributed by atoms with van der Waals surface area (Å²) < 4.78 is 34.2. The molecule has 98 valence electrons. The van der Waals surface area contributed by atoms with E-state index in [0.29, 0.717) is 6.42 Å². The molecule has 0 aromatic carbocycles. The van der Waals surface area contributed by atoms with Gasteiger partial charge in [-0.15, -0.1) is 0 Å². The van der Waals surface area contributed by atoms with E-state index in [1.54, 1.807) is 13.8 Å². The standard InChI is InChI=1S/C11H17FO5/c1-6(13)14-9(5-12)7-4-8-10(15-7)17-11(2,3)16-8/h7-10H,4-5H2,1-3H3/t7-,8+,9-,10+/m0/s1. The van der Waals surface area contributed by atoms with Gasteiger partial charge < -0.3 is 18.9 Å². The normalized spacial score (nSPS) is 36.6. The Labute approximate surface area is 99.2 Å². The number of esters is 1. The number of hydrogen-bond donors (Lipinski definition) is 0. The molecule has 2 saturated heterocycles. The van der Waals surface area contributed by atoms with Gasteiger partial charge in [-0.2, -0.15) is 0 Å². The van der Waals surface area contributed by atoms with E-state index < -0.39 is 36.9 Å². The van der Waals surface area contributed by atoms with Crippen LogP contribution in [0.4, 0.5) is 4.39 Å². The van der Waals surface area contributed by atoms with Crippen molar-refractivity contribution in [2.75, 3.05) is 6.67 Å². The molecule has 2 aliphatic heterocycles. The van der Waals surface area contributed by atoms with Gasteiger partial charge in [-0.1, -0.05) is 0 Å². The molecule has 5 nitrogen and oxygen atoms in total. The van der Waals surface area contributed by atoms with Crippen LogP contribution in [0.5, 0.6) is 0 Å². The van der Waals surface area contributed by atoms with E-state index in [4.69, 9.17) is 18.9 Å². The number of carbonyl (C=O) groups is 1. The summed E-state index contributed by atoms with van der Waals surface area (Å²) in [6.07, 6.45) is -1.64. The van der Waals surface area contributed by atoms with Gasteiger partial charge in [0.05, 0.1) is 0 Å². The minimum Gasteiger partial charge on any atom is -0.457 e. The predicted molar refractivity (Wildman–Crippen MR) is 54.8 cm³/mol. The number of carbonyl (C=O) groups excluding carboxylic acids is 1. The second-order valence-electron chi connectivity index (χ2n) is 4.75. The third kappa shape index (κ3) is 2.75. The van der Waals surface area contributed by atoms with Gasteiger partial charge in [0.25, 0.3) is 0 Å². The molecular weight excluding hydrogens is 231 g/mol. The Morgan fingerprint density at radius 3 is 2.76 bits per heavy atom. The fourth-order valence-corrected chi connectivity index (χ4v) is 2.19. The lowest BCUT2D eigenvalue weighted by molar-refractivity contribution is -0.218. The van der Waals surface area contributed by atoms with Crippen LogP contribution < -0.4 is 0 Å². The molecule has 0 unspecified atom stereocenters. The number of hydrogen-bond acceptors (Lipinski definition) is 5. The molecule has 2 aliphatic rings. The van der Waals surface area contributed by atoms with Crippen LogP contribution in [0.15, 0.2) is 0 Å². The highest BCUT2D eigenvalue weighted by molar-refractivity contribution is 5.66. The maximum Gasteiger partial charge on any atom is 0.303 e. The summed E-state index contributed by atoms with van der Waals surface area (Å²) in [7, 11) is 0. The van der Waals surface area contributed by atoms with Crippen LogP contribution in [0.25, 0.3) is 0 Å². The zero-order chi connectivity index (χ0) is 12.6. The van der Waals surface area contributed by atoms with E-state index in [2.05, 4.69) is 0 Å². The number of fused-ring (bicyclic) bond motifs is 1. The molecular formula is C11H17FO5. The zero-order valence-electron chi connectivity index (χ0n) is 10.1. The Morgan fingerprint density at radius 1 is 1.53 bits per heavy atom. The van der Waals surface area contributed by atoms with E-state index in [1.807, 2.05) is 0 Å². The average Bonchev–Trinajstić information content (AvgIpc) is 2.66. The second-order valence-corrected chi connectivity index (χ2v) is 4.75. The van der Waals surface area contributed by atoms with Crippen LogP contribution in [-0.2, 0) is 23.7 Å². The SMILES string of the molecule is CC(=O)O[C@@H](CF)[C@@H]1C[C@H]2OC(C)(C)O[C@H]2O1. The van der Waals surface area contributed by atoms with Crippen molar-refractivity contribution < 1.29 is 28.1 Å². The van der Waals surface area contributed by atoms with Crippen LogP contribution in [0.1, 0.15) is 27.2 Å². The molecule has 0 aromatic heterocycles. The number of rotatable bonds is 3. The lowest BCUT2D eigenvalue weighted by atomic mass is 10.1. The van der Waals surface area contributed by atoms with E-state index in [0.717, 1.165) is 0 Å². The highest BCUT2D eigenvalue weighted by Gasteiger charge is 2.50. The molecule has 2 fully saturated rings. The Hall–Kier alpha value is -0.720. The molecule has 4 atom stereocenters. The summed E-state index contributed by atoms with van der Waals surface area (Å²) in [5.74, 6) is -1.19. The smallest absolute Gasteiger partial charge is 0.303 e. The highest BCUT2D eigenvalue weighted by Crippen LogP contribution is 2.38. The van der Waals surface area contributed by atoms with Gasteiger partial charge >= 0.3 is 5.97 Å². The molecule has 0 aromatic rings. The fraction of sp³-hybridized carbons (Fsp3) is 0.909. The summed E-state index contributed by atoms with van der Waals surface area (Å²) in [6.45, 7) is 4.06. The largest absolute Gasteiger partial charge is 0.457 e. The molecule has 2 heterocycles. The van der Waals surface area contributed by atoms with Crippen molar-refractivity contribution in [3.8, 4) is 0 Å². The van der Waals surface area contributed by atoms with E-state index in [9.17, 15) is 9.18 Å². The Morgan fingerprint density at radius 2 is 2.24 bits per heavy atom. The van der Waals surface area contributed by atoms with Gasteiger partial charge in [-0.05, 0) is 13.8 Å². The number of halogens is 1. The van der Waals surface area contributed by atoms with Crippen LogP contribution >= 0.6 is 0 Å². The Bertz CT molecular complexity index is 290. The monoisotopic (exact) mass is 248 g/mol. The third-order valence-corrected chi connectivity index (χ3v) is 2.80. The molecule has 0 bridgehead atoms. The lowest BCUT2D eigenvalue weighted by Crippen LogP contribution is -2.35. The first-order valence-electron chi connectivity index (χ1n) is 5.65. The minimum absolute atomic E-state index is 0.223. The zero-order valence-corrected chi connectivity index (χ0v) is 10.1. The van der Waals surface area contributed by atoms with Gasteiger partial charge in [0.15, 0.2) is 18.2 Å². The second kappa shape index (κ2) is 4.51. The topological polar surface area (TPSA) is 54.0 Å². The first kappa shape index (κ1) is 12.7. The van der Waals surface area contributed by atoms with Gasteiger partial charge in [-0.3, -0.25) is 4.79 Å². The predicted octanol–water partition coefficient (Wildman–Crippen LogP) is 1.15. The van der Waals surface area contributed by atoms with Crippen molar-refractivity contribution in [2.45, 2.75) is 57.6 Å². The van der Waals surface area contributed by atoms with Crippen molar-refractivity contribution in [3.05, 3.63) is 0 Å². The average molecular weight is 248 g/mol. The molecule has 0 spiro atoms. The molecule has 0 amide bonds. The van der Waals surface area contributed by atoms with Gasteiger partial charge in [0.2, 0.25) is 0 Å². The van der Waals surface area contributed by atoms with Crippen molar-refractivity contribution >= 4 is 5.97 Å². The first-order chi connectivity index (χ1) is 7.91. The van der Waals surface area contributed by atoms with E-state index in [-0.39, 0.29) is 6.10 Å². The number of alkyl halides is 1. The number of ether oxygens (including phenoxy) is 4. The maximum absolute atomic E-state index is 12.8. The summed E-state index contributed by atoms with van der Waals surface area (Å²) in [4.78, 5) is 10.8. The third-order valence-electron chi connectivity index (χ3n) is 2.80. The summed E-state index contributed by atoms with van der Waals surface area (Å²) >= 11 is 0. The molecule has 6 heteroatoms. The molecule has 0 saturated carbocycles. The Balaban J connectivity index is 1.93. The minimum atomic E-state index is -0.881. The van der Waals surface area contributed by atoms with Gasteiger partial charge in [-0.25, -0.2) is 4.39 Å². The van der Waals surface area contributed by atoms with Crippen LogP contribution in [0.3, 0.4) is 0 Å².